The molecule has 6 rings (SSSR count). The minimum Gasteiger partial charge on any atom is -0.481 e. The molecule has 1 aliphatic carbocycles. The number of ketones is 1. The average Bonchev–Trinajstić information content (AvgIpc) is 3.76. The molecule has 1 saturated carbocycles. The second-order valence-corrected chi connectivity index (χ2v) is 14.8. The van der Waals surface area contributed by atoms with Crippen molar-refractivity contribution >= 4 is 45.9 Å². The molecule has 1 aromatic heterocycles. The Balaban J connectivity index is 1.30. The Morgan fingerprint density at radius 1 is 1.02 bits per heavy atom. The summed E-state index contributed by atoms with van der Waals surface area (Å²) in [5.74, 6) is -4.29. The van der Waals surface area contributed by atoms with E-state index >= 15 is 4.39 Å². The van der Waals surface area contributed by atoms with Gasteiger partial charge in [-0.15, -0.1) is 0 Å². The van der Waals surface area contributed by atoms with E-state index in [2.05, 4.69) is 15.1 Å². The van der Waals surface area contributed by atoms with Crippen molar-refractivity contribution in [3.8, 4) is 0 Å². The van der Waals surface area contributed by atoms with Crippen molar-refractivity contribution in [1.82, 2.24) is 19.3 Å². The summed E-state index contributed by atoms with van der Waals surface area (Å²) < 4.78 is 38.4. The van der Waals surface area contributed by atoms with Gasteiger partial charge in [0.05, 0.1) is 28.3 Å². The van der Waals surface area contributed by atoms with Crippen molar-refractivity contribution in [3.05, 3.63) is 64.6 Å². The molecule has 10 nitrogen and oxygen atoms in total. The highest BCUT2D eigenvalue weighted by Crippen LogP contribution is 2.38. The lowest BCUT2D eigenvalue weighted by Gasteiger charge is -2.55. The molecule has 2 saturated heterocycles. The predicted molar refractivity (Wildman–Crippen MR) is 192 cm³/mol. The highest BCUT2D eigenvalue weighted by atomic mass is 35.5. The summed E-state index contributed by atoms with van der Waals surface area (Å²) in [4.78, 5) is 46.2. The minimum atomic E-state index is -1.54. The van der Waals surface area contributed by atoms with Gasteiger partial charge >= 0.3 is 5.97 Å². The number of likely N-dealkylation sites (tertiary alicyclic amines) is 1. The lowest BCUT2D eigenvalue weighted by Crippen LogP contribution is -2.73. The summed E-state index contributed by atoms with van der Waals surface area (Å²) >= 11 is 6.67. The van der Waals surface area contributed by atoms with E-state index in [1.807, 2.05) is 54.6 Å². The number of rotatable bonds is 12. The van der Waals surface area contributed by atoms with Crippen molar-refractivity contribution in [2.24, 2.45) is 13.0 Å². The van der Waals surface area contributed by atoms with Gasteiger partial charge < -0.3 is 19.7 Å². The number of aromatic nitrogens is 1. The molecule has 0 bridgehead atoms. The fourth-order valence-corrected chi connectivity index (χ4v) is 8.64. The van der Waals surface area contributed by atoms with E-state index in [0.717, 1.165) is 29.8 Å². The van der Waals surface area contributed by atoms with E-state index < -0.39 is 36.1 Å². The van der Waals surface area contributed by atoms with E-state index in [-0.39, 0.29) is 53.2 Å². The lowest BCUT2D eigenvalue weighted by atomic mass is 9.87. The third-order valence-electron chi connectivity index (χ3n) is 11.0. The highest BCUT2D eigenvalue weighted by molar-refractivity contribution is 6.34. The first-order valence-electron chi connectivity index (χ1n) is 18.0. The smallest absolute Gasteiger partial charge is 0.306 e. The van der Waals surface area contributed by atoms with E-state index in [9.17, 15) is 23.9 Å². The van der Waals surface area contributed by atoms with E-state index in [0.29, 0.717) is 57.4 Å². The monoisotopic (exact) mass is 727 g/mol. The van der Waals surface area contributed by atoms with Crippen LogP contribution in [0.15, 0.2) is 42.6 Å². The van der Waals surface area contributed by atoms with E-state index in [4.69, 9.17) is 16.3 Å². The largest absolute Gasteiger partial charge is 0.481 e. The van der Waals surface area contributed by atoms with Gasteiger partial charge in [0, 0.05) is 75.4 Å². The van der Waals surface area contributed by atoms with Gasteiger partial charge in [-0.2, -0.15) is 0 Å². The van der Waals surface area contributed by atoms with Crippen LogP contribution in [0.4, 0.5) is 14.5 Å². The Morgan fingerprint density at radius 3 is 2.33 bits per heavy atom. The number of carboxylic acid groups (broad SMARTS) is 1. The number of nitrogens with one attached hydrogen (secondary N) is 1. The number of aryl methyl sites for hydroxylation is 1. The minimum absolute atomic E-state index is 0.0760. The number of nitrogens with zero attached hydrogens (tertiary/aromatic N) is 4. The second kappa shape index (κ2) is 15.7. The molecule has 2 aliphatic heterocycles. The zero-order valence-corrected chi connectivity index (χ0v) is 30.3. The summed E-state index contributed by atoms with van der Waals surface area (Å²) in [6, 6.07) is 9.86. The molecule has 1 amide bonds. The zero-order chi connectivity index (χ0) is 36.4. The molecule has 51 heavy (non-hydrogen) atoms. The number of carboxylic acids is 1. The van der Waals surface area contributed by atoms with E-state index in [1.54, 1.807) is 6.20 Å². The lowest BCUT2D eigenvalue weighted by molar-refractivity contribution is -0.266. The fraction of sp³-hybridized carbons (Fsp3) is 0.553. The number of anilines is 1. The topological polar surface area (TPSA) is 107 Å². The molecule has 2 aromatic carbocycles. The van der Waals surface area contributed by atoms with Gasteiger partial charge in [-0.3, -0.25) is 29.1 Å². The molecule has 0 radical (unpaired) electrons. The number of para-hydroxylation sites is 1. The molecule has 2 N–H and O–H groups in total. The normalized spacial score (nSPS) is 24.8. The first-order valence-corrected chi connectivity index (χ1v) is 18.4. The first kappa shape index (κ1) is 37.3. The van der Waals surface area contributed by atoms with Crippen LogP contribution in [0.3, 0.4) is 0 Å². The number of hydrogen-bond donors (Lipinski definition) is 2. The number of alkyl halides is 1. The maximum atomic E-state index is 16.0. The molecule has 3 fully saturated rings. The van der Waals surface area contributed by atoms with Gasteiger partial charge in [0.15, 0.2) is 5.78 Å². The maximum absolute atomic E-state index is 16.0. The zero-order valence-electron chi connectivity index (χ0n) is 29.5. The van der Waals surface area contributed by atoms with Crippen molar-refractivity contribution in [2.45, 2.75) is 82.8 Å². The summed E-state index contributed by atoms with van der Waals surface area (Å²) in [6.07, 6.45) is 4.59. The molecule has 3 atom stereocenters. The molecule has 3 heterocycles. The SMILES string of the molecule is CC1CN(C(OC2CCC(C(=O)O)CC2)(C(=O)Cc2cc(Cl)c(NC(=O)c3cn(C)c4ccccc34)cc2F)N2CCCC2)CC(C)N1CCF. The van der Waals surface area contributed by atoms with Crippen molar-refractivity contribution in [1.29, 1.82) is 0 Å². The molecule has 276 valence electrons. The van der Waals surface area contributed by atoms with Gasteiger partial charge in [0.2, 0.25) is 5.85 Å². The van der Waals surface area contributed by atoms with Crippen LogP contribution in [0.2, 0.25) is 5.02 Å². The Morgan fingerprint density at radius 2 is 1.69 bits per heavy atom. The number of aliphatic carboxylic acids is 1. The number of Topliss-reactive ketones (excluding diaryl/α,β-unsaturated/α-hetero) is 1. The summed E-state index contributed by atoms with van der Waals surface area (Å²) in [5.41, 5.74) is 1.46. The second-order valence-electron chi connectivity index (χ2n) is 14.4. The Bertz CT molecular complexity index is 1750. The quantitative estimate of drug-likeness (QED) is 0.230. The molecular formula is C38H48ClF2N5O5. The Hall–Kier alpha value is -3.42. The third kappa shape index (κ3) is 7.57. The van der Waals surface area contributed by atoms with Crippen LogP contribution in [0.5, 0.6) is 0 Å². The number of carbonyl (C=O) groups excluding carboxylic acids is 2. The van der Waals surface area contributed by atoms with Gasteiger partial charge in [-0.05, 0) is 76.1 Å². The number of amides is 1. The molecule has 3 aromatic rings. The van der Waals surface area contributed by atoms with Crippen molar-refractivity contribution < 1.29 is 33.0 Å². The maximum Gasteiger partial charge on any atom is 0.306 e. The van der Waals surface area contributed by atoms with Gasteiger partial charge in [0.25, 0.3) is 5.91 Å². The third-order valence-corrected chi connectivity index (χ3v) is 11.3. The van der Waals surface area contributed by atoms with Gasteiger partial charge in [-0.25, -0.2) is 8.78 Å². The number of hydrogen-bond acceptors (Lipinski definition) is 7. The Kier molecular flexibility index (Phi) is 11.5. The van der Waals surface area contributed by atoms with Crippen molar-refractivity contribution in [2.75, 3.05) is 44.7 Å². The number of carbonyl (C=O) groups is 3. The van der Waals surface area contributed by atoms with Crippen LogP contribution < -0.4 is 5.32 Å². The van der Waals surface area contributed by atoms with Crippen LogP contribution in [-0.4, -0.2) is 105 Å². The standard InChI is InChI=1S/C38H48ClF2N5O5/c1-24-21-45(22-25(2)46(24)17-14-40)38(44-15-6-7-16-44,51-28-12-10-26(11-13-28)37(49)50)35(47)19-27-18-31(39)33(20-32(27)41)42-36(48)30-23-43(3)34-9-5-4-8-29(30)34/h4-5,8-9,18,20,23-26,28H,6-7,10-17,19,21-22H2,1-3H3,(H,42,48)(H,49,50). The van der Waals surface area contributed by atoms with Crippen LogP contribution in [0.25, 0.3) is 10.9 Å². The fourth-order valence-electron chi connectivity index (χ4n) is 8.41. The van der Waals surface area contributed by atoms with Gasteiger partial charge in [0.1, 0.15) is 12.5 Å². The molecular weight excluding hydrogens is 680 g/mol. The van der Waals surface area contributed by atoms with E-state index in [1.165, 1.54) is 6.07 Å². The summed E-state index contributed by atoms with van der Waals surface area (Å²) in [6.45, 7) is 5.90. The number of benzene rings is 2. The summed E-state index contributed by atoms with van der Waals surface area (Å²) in [7, 11) is 1.84. The highest BCUT2D eigenvalue weighted by Gasteiger charge is 2.54. The van der Waals surface area contributed by atoms with Crippen LogP contribution in [0, 0.1) is 11.7 Å². The number of piperazine rings is 1. The molecule has 0 spiro atoms. The van der Waals surface area contributed by atoms with Crippen LogP contribution >= 0.6 is 11.6 Å². The molecule has 13 heteroatoms. The Labute approximate surface area is 302 Å². The first-order chi connectivity index (χ1) is 24.4. The number of ether oxygens (including phenoxy) is 1. The van der Waals surface area contributed by atoms with Crippen LogP contribution in [0.1, 0.15) is 68.3 Å². The van der Waals surface area contributed by atoms with Crippen molar-refractivity contribution in [3.63, 3.8) is 0 Å². The average molecular weight is 728 g/mol. The molecule has 3 aliphatic rings. The number of halogens is 3. The predicted octanol–water partition coefficient (Wildman–Crippen LogP) is 6.11. The summed E-state index contributed by atoms with van der Waals surface area (Å²) in [5, 5.41) is 13.2. The van der Waals surface area contributed by atoms with Crippen LogP contribution in [-0.2, 0) is 27.8 Å². The number of fused-ring (bicyclic) bond motifs is 1. The molecule has 3 unspecified atom stereocenters. The van der Waals surface area contributed by atoms with Gasteiger partial charge in [-0.1, -0.05) is 29.8 Å².